The molecule has 0 fully saturated rings. The molecule has 2 nitrogen and oxygen atoms in total. The van der Waals surface area contributed by atoms with E-state index >= 15 is 0 Å². The maximum absolute atomic E-state index is 5.95. The van der Waals surface area contributed by atoms with Crippen molar-refractivity contribution in [2.24, 2.45) is 0 Å². The molecule has 0 amide bonds. The van der Waals surface area contributed by atoms with Gasteiger partial charge in [-0.2, -0.15) is 0 Å². The van der Waals surface area contributed by atoms with Gasteiger partial charge in [-0.25, -0.2) is 0 Å². The van der Waals surface area contributed by atoms with E-state index in [-0.39, 0.29) is 0 Å². The third-order valence-electron chi connectivity index (χ3n) is 2.66. The molecule has 0 spiro atoms. The number of halogens is 1. The van der Waals surface area contributed by atoms with Crippen molar-refractivity contribution in [3.05, 3.63) is 47.0 Å². The van der Waals surface area contributed by atoms with Crippen LogP contribution in [0.25, 0.3) is 11.1 Å². The first-order valence-electron chi connectivity index (χ1n) is 5.00. The molecule has 2 aromatic carbocycles. The van der Waals surface area contributed by atoms with Crippen molar-refractivity contribution in [3.63, 3.8) is 0 Å². The lowest BCUT2D eigenvalue weighted by Gasteiger charge is -2.10. The van der Waals surface area contributed by atoms with Crippen LogP contribution >= 0.6 is 11.6 Å². The molecule has 3 heteroatoms. The molecular formula is C13H13ClN2. The fourth-order valence-corrected chi connectivity index (χ4v) is 1.92. The van der Waals surface area contributed by atoms with Crippen LogP contribution in [-0.2, 0) is 0 Å². The van der Waals surface area contributed by atoms with Crippen LogP contribution < -0.4 is 11.5 Å². The quantitative estimate of drug-likeness (QED) is 0.740. The van der Waals surface area contributed by atoms with Crippen molar-refractivity contribution >= 4 is 23.0 Å². The van der Waals surface area contributed by atoms with E-state index in [1.54, 1.807) is 0 Å². The molecule has 0 bridgehead atoms. The number of anilines is 2. The van der Waals surface area contributed by atoms with Crippen molar-refractivity contribution in [3.8, 4) is 11.1 Å². The predicted molar refractivity (Wildman–Crippen MR) is 70.4 cm³/mol. The van der Waals surface area contributed by atoms with Crippen LogP contribution in [-0.4, -0.2) is 0 Å². The zero-order valence-corrected chi connectivity index (χ0v) is 9.75. The molecule has 82 valence electrons. The Morgan fingerprint density at radius 1 is 1.06 bits per heavy atom. The summed E-state index contributed by atoms with van der Waals surface area (Å²) in [5.74, 6) is 0. The van der Waals surface area contributed by atoms with Gasteiger partial charge in [0.25, 0.3) is 0 Å². The minimum Gasteiger partial charge on any atom is -0.399 e. The molecule has 2 aromatic rings. The van der Waals surface area contributed by atoms with Crippen molar-refractivity contribution in [2.45, 2.75) is 6.92 Å². The first kappa shape index (κ1) is 10.8. The van der Waals surface area contributed by atoms with Gasteiger partial charge in [-0.3, -0.25) is 0 Å². The summed E-state index contributed by atoms with van der Waals surface area (Å²) < 4.78 is 0. The average Bonchev–Trinajstić information content (AvgIpc) is 2.26. The van der Waals surface area contributed by atoms with Crippen LogP contribution in [0.3, 0.4) is 0 Å². The van der Waals surface area contributed by atoms with Crippen molar-refractivity contribution in [1.29, 1.82) is 0 Å². The maximum Gasteiger partial charge on any atom is 0.0638 e. The zero-order chi connectivity index (χ0) is 11.7. The first-order valence-corrected chi connectivity index (χ1v) is 5.38. The van der Waals surface area contributed by atoms with Crippen molar-refractivity contribution in [2.75, 3.05) is 11.5 Å². The second kappa shape index (κ2) is 4.06. The van der Waals surface area contributed by atoms with Gasteiger partial charge in [0.2, 0.25) is 0 Å². The summed E-state index contributed by atoms with van der Waals surface area (Å²) >= 11 is 5.95. The molecule has 0 aliphatic carbocycles. The van der Waals surface area contributed by atoms with Crippen LogP contribution in [0.2, 0.25) is 5.02 Å². The predicted octanol–water partition coefficient (Wildman–Crippen LogP) is 3.48. The SMILES string of the molecule is Cc1c(-c2cccc(N)c2)ccc(Cl)c1N. The normalized spacial score (nSPS) is 10.4. The lowest BCUT2D eigenvalue weighted by atomic mass is 9.99. The van der Waals surface area contributed by atoms with E-state index in [2.05, 4.69) is 0 Å². The van der Waals surface area contributed by atoms with Crippen LogP contribution in [0.4, 0.5) is 11.4 Å². The number of hydrogen-bond acceptors (Lipinski definition) is 2. The highest BCUT2D eigenvalue weighted by molar-refractivity contribution is 6.33. The van der Waals surface area contributed by atoms with Crippen LogP contribution in [0.15, 0.2) is 36.4 Å². The molecule has 0 saturated carbocycles. The Morgan fingerprint density at radius 2 is 1.81 bits per heavy atom. The highest BCUT2D eigenvalue weighted by Gasteiger charge is 2.07. The molecule has 0 aromatic heterocycles. The Hall–Kier alpha value is -1.67. The van der Waals surface area contributed by atoms with Gasteiger partial charge < -0.3 is 11.5 Å². The van der Waals surface area contributed by atoms with E-state index in [9.17, 15) is 0 Å². The molecular weight excluding hydrogens is 220 g/mol. The lowest BCUT2D eigenvalue weighted by molar-refractivity contribution is 1.46. The Kier molecular flexibility index (Phi) is 2.75. The minimum atomic E-state index is 0.588. The first-order chi connectivity index (χ1) is 7.59. The third-order valence-corrected chi connectivity index (χ3v) is 2.99. The molecule has 0 radical (unpaired) electrons. The fraction of sp³-hybridized carbons (Fsp3) is 0.0769. The highest BCUT2D eigenvalue weighted by Crippen LogP contribution is 2.32. The van der Waals surface area contributed by atoms with Gasteiger partial charge in [-0.1, -0.05) is 29.8 Å². The van der Waals surface area contributed by atoms with E-state index in [1.807, 2.05) is 43.3 Å². The number of nitrogen functional groups attached to an aromatic ring is 2. The van der Waals surface area contributed by atoms with Crippen LogP contribution in [0, 0.1) is 6.92 Å². The van der Waals surface area contributed by atoms with Gasteiger partial charge in [-0.05, 0) is 41.8 Å². The second-order valence-electron chi connectivity index (χ2n) is 3.76. The number of hydrogen-bond donors (Lipinski definition) is 2. The summed E-state index contributed by atoms with van der Waals surface area (Å²) in [7, 11) is 0. The fourth-order valence-electron chi connectivity index (χ4n) is 1.71. The van der Waals surface area contributed by atoms with E-state index in [0.717, 1.165) is 22.4 Å². The standard InChI is InChI=1S/C13H13ClN2/c1-8-11(5-6-12(14)13(8)16)9-3-2-4-10(15)7-9/h2-7H,15-16H2,1H3. The largest absolute Gasteiger partial charge is 0.399 e. The molecule has 2 rings (SSSR count). The lowest BCUT2D eigenvalue weighted by Crippen LogP contribution is -1.94. The monoisotopic (exact) mass is 232 g/mol. The Bertz CT molecular complexity index is 535. The molecule has 4 N–H and O–H groups in total. The number of nitrogens with two attached hydrogens (primary N) is 2. The summed E-state index contributed by atoms with van der Waals surface area (Å²) in [5, 5.41) is 0.588. The van der Waals surface area contributed by atoms with Gasteiger partial charge in [-0.15, -0.1) is 0 Å². The average molecular weight is 233 g/mol. The second-order valence-corrected chi connectivity index (χ2v) is 4.17. The smallest absolute Gasteiger partial charge is 0.0638 e. The Morgan fingerprint density at radius 3 is 2.50 bits per heavy atom. The summed E-state index contributed by atoms with van der Waals surface area (Å²) in [4.78, 5) is 0. The van der Waals surface area contributed by atoms with Gasteiger partial charge >= 0.3 is 0 Å². The van der Waals surface area contributed by atoms with Crippen molar-refractivity contribution in [1.82, 2.24) is 0 Å². The maximum atomic E-state index is 5.95. The van der Waals surface area contributed by atoms with Crippen LogP contribution in [0.1, 0.15) is 5.56 Å². The molecule has 0 aliphatic rings. The van der Waals surface area contributed by atoms with Gasteiger partial charge in [0.15, 0.2) is 0 Å². The van der Waals surface area contributed by atoms with Crippen molar-refractivity contribution < 1.29 is 0 Å². The summed E-state index contributed by atoms with van der Waals surface area (Å²) in [6.07, 6.45) is 0. The molecule has 0 atom stereocenters. The third kappa shape index (κ3) is 1.84. The number of rotatable bonds is 1. The molecule has 0 aliphatic heterocycles. The molecule has 0 unspecified atom stereocenters. The minimum absolute atomic E-state index is 0.588. The van der Waals surface area contributed by atoms with E-state index in [0.29, 0.717) is 10.7 Å². The number of benzene rings is 2. The summed E-state index contributed by atoms with van der Waals surface area (Å²) in [5.41, 5.74) is 16.1. The summed E-state index contributed by atoms with van der Waals surface area (Å²) in [6.45, 7) is 1.96. The highest BCUT2D eigenvalue weighted by atomic mass is 35.5. The van der Waals surface area contributed by atoms with E-state index in [1.165, 1.54) is 0 Å². The Balaban J connectivity index is 2.61. The zero-order valence-electron chi connectivity index (χ0n) is 9.00. The molecule has 0 heterocycles. The van der Waals surface area contributed by atoms with E-state index < -0.39 is 0 Å². The molecule has 0 saturated heterocycles. The topological polar surface area (TPSA) is 52.0 Å². The van der Waals surface area contributed by atoms with Gasteiger partial charge in [0, 0.05) is 5.69 Å². The van der Waals surface area contributed by atoms with E-state index in [4.69, 9.17) is 23.1 Å². The van der Waals surface area contributed by atoms with Crippen LogP contribution in [0.5, 0.6) is 0 Å². The summed E-state index contributed by atoms with van der Waals surface area (Å²) in [6, 6.07) is 11.5. The van der Waals surface area contributed by atoms with Gasteiger partial charge in [0.05, 0.1) is 10.7 Å². The Labute approximate surface area is 99.8 Å². The van der Waals surface area contributed by atoms with Gasteiger partial charge in [0.1, 0.15) is 0 Å². The molecule has 16 heavy (non-hydrogen) atoms.